The molecule has 0 bridgehead atoms. The minimum absolute atomic E-state index is 0. The molecule has 0 amide bonds. The Balaban J connectivity index is 0.00000380. The number of fused-ring (bicyclic) bond motifs is 1. The first-order valence-corrected chi connectivity index (χ1v) is 11.7. The number of methoxy groups -OCH3 is 3. The summed E-state index contributed by atoms with van der Waals surface area (Å²) in [4.78, 5) is 11.4. The van der Waals surface area contributed by atoms with Gasteiger partial charge in [-0.25, -0.2) is 4.98 Å². The molecule has 0 radical (unpaired) electrons. The monoisotopic (exact) mass is 528 g/mol. The molecule has 4 rings (SSSR count). The highest BCUT2D eigenvalue weighted by atomic mass is 35.5. The van der Waals surface area contributed by atoms with Gasteiger partial charge in [0.15, 0.2) is 0 Å². The number of hydrogen-bond donors (Lipinski definition) is 2. The van der Waals surface area contributed by atoms with E-state index < -0.39 is 6.10 Å². The van der Waals surface area contributed by atoms with Crippen molar-refractivity contribution in [2.75, 3.05) is 45.9 Å². The van der Waals surface area contributed by atoms with Gasteiger partial charge < -0.3 is 30.0 Å². The first kappa shape index (κ1) is 28.1. The Morgan fingerprint density at radius 1 is 1.00 bits per heavy atom. The number of benzene rings is 2. The topological polar surface area (TPSA) is 121 Å². The van der Waals surface area contributed by atoms with Crippen LogP contribution in [0, 0.1) is 0 Å². The van der Waals surface area contributed by atoms with Crippen LogP contribution in [0.4, 0.5) is 11.4 Å². The molecule has 0 unspecified atom stereocenters. The van der Waals surface area contributed by atoms with Gasteiger partial charge in [0.05, 0.1) is 62.6 Å². The zero-order chi connectivity index (χ0) is 25.5. The van der Waals surface area contributed by atoms with Crippen LogP contribution < -0.4 is 20.1 Å². The highest BCUT2D eigenvalue weighted by Crippen LogP contribution is 2.34. The van der Waals surface area contributed by atoms with Crippen LogP contribution in [0.15, 0.2) is 55.0 Å². The Labute approximate surface area is 222 Å². The minimum Gasteiger partial charge on any atom is -0.497 e. The Hall–Kier alpha value is -3.44. The first-order valence-electron chi connectivity index (χ1n) is 11.7. The van der Waals surface area contributed by atoms with Gasteiger partial charge >= 0.3 is 0 Å². The lowest BCUT2D eigenvalue weighted by atomic mass is 10.1. The molecule has 10 nitrogen and oxygen atoms in total. The SMILES string of the molecule is COC[C@H](O)CN(c1cc(OC)cc(OC)c1)c1ccc2ncc(-c3cnn(CCCN)c3)nc2c1.Cl. The van der Waals surface area contributed by atoms with Crippen LogP contribution in [0.25, 0.3) is 22.3 Å². The molecule has 0 aliphatic carbocycles. The summed E-state index contributed by atoms with van der Waals surface area (Å²) in [5, 5.41) is 15.0. The molecule has 0 saturated heterocycles. The van der Waals surface area contributed by atoms with E-state index in [1.54, 1.807) is 39.8 Å². The third-order valence-electron chi connectivity index (χ3n) is 5.76. The van der Waals surface area contributed by atoms with E-state index in [1.807, 2.05) is 46.1 Å². The molecule has 4 aromatic rings. The number of aromatic nitrogens is 4. The number of ether oxygens (including phenoxy) is 3. The van der Waals surface area contributed by atoms with Crippen molar-refractivity contribution >= 4 is 34.8 Å². The van der Waals surface area contributed by atoms with Gasteiger partial charge in [-0.3, -0.25) is 9.67 Å². The van der Waals surface area contributed by atoms with Crippen LogP contribution in [0.1, 0.15) is 6.42 Å². The number of hydrogen-bond acceptors (Lipinski definition) is 9. The van der Waals surface area contributed by atoms with Crippen LogP contribution >= 0.6 is 12.4 Å². The van der Waals surface area contributed by atoms with Gasteiger partial charge in [0.1, 0.15) is 11.5 Å². The zero-order valence-electron chi connectivity index (χ0n) is 21.2. The van der Waals surface area contributed by atoms with Crippen molar-refractivity contribution in [2.24, 2.45) is 5.73 Å². The van der Waals surface area contributed by atoms with Crippen molar-refractivity contribution in [2.45, 2.75) is 19.1 Å². The molecule has 11 heteroatoms. The summed E-state index contributed by atoms with van der Waals surface area (Å²) in [5.74, 6) is 1.29. The number of nitrogens with two attached hydrogens (primary N) is 1. The lowest BCUT2D eigenvalue weighted by Crippen LogP contribution is -2.31. The van der Waals surface area contributed by atoms with Gasteiger partial charge in [0, 0.05) is 55.0 Å². The summed E-state index contributed by atoms with van der Waals surface area (Å²) in [6.45, 7) is 1.85. The van der Waals surface area contributed by atoms with Crippen LogP contribution in [0.5, 0.6) is 11.5 Å². The number of halogens is 1. The van der Waals surface area contributed by atoms with Crippen molar-refractivity contribution in [3.05, 3.63) is 55.0 Å². The van der Waals surface area contributed by atoms with E-state index >= 15 is 0 Å². The third kappa shape index (κ3) is 6.86. The fraction of sp³-hybridized carbons (Fsp3) is 0.346. The van der Waals surface area contributed by atoms with E-state index in [0.717, 1.165) is 46.6 Å². The summed E-state index contributed by atoms with van der Waals surface area (Å²) in [5.41, 5.74) is 10.3. The average Bonchev–Trinajstić information content (AvgIpc) is 3.38. The van der Waals surface area contributed by atoms with Crippen LogP contribution in [-0.4, -0.2) is 72.0 Å². The van der Waals surface area contributed by atoms with Crippen molar-refractivity contribution in [1.82, 2.24) is 19.7 Å². The maximum absolute atomic E-state index is 10.6. The molecule has 0 aliphatic heterocycles. The van der Waals surface area contributed by atoms with Gasteiger partial charge in [-0.1, -0.05) is 0 Å². The smallest absolute Gasteiger partial charge is 0.124 e. The fourth-order valence-electron chi connectivity index (χ4n) is 3.94. The molecule has 2 aromatic carbocycles. The molecule has 198 valence electrons. The van der Waals surface area contributed by atoms with E-state index in [1.165, 1.54) is 0 Å². The lowest BCUT2D eigenvalue weighted by Gasteiger charge is -2.28. The average molecular weight is 529 g/mol. The standard InChI is InChI=1S/C26H32N6O4.ClH/c1-34-17-21(33)16-32(20-9-22(35-2)12-23(10-20)36-3)19-5-6-24-25(11-19)30-26(14-28-24)18-13-29-31(15-18)8-4-7-27;/h5-6,9-15,21,33H,4,7-8,16-17,27H2,1-3H3;1H/t21-;/m1./s1. The molecule has 1 atom stereocenters. The summed E-state index contributed by atoms with van der Waals surface area (Å²) < 4.78 is 18.0. The first-order chi connectivity index (χ1) is 17.5. The highest BCUT2D eigenvalue weighted by Gasteiger charge is 2.18. The van der Waals surface area contributed by atoms with Gasteiger partial charge in [0.25, 0.3) is 0 Å². The Morgan fingerprint density at radius 2 is 1.76 bits per heavy atom. The molecule has 0 saturated carbocycles. The van der Waals surface area contributed by atoms with Crippen molar-refractivity contribution in [3.63, 3.8) is 0 Å². The second kappa shape index (κ2) is 13.2. The normalized spacial score (nSPS) is 11.7. The number of rotatable bonds is 12. The second-order valence-electron chi connectivity index (χ2n) is 8.35. The molecule has 2 heterocycles. The summed E-state index contributed by atoms with van der Waals surface area (Å²) in [6, 6.07) is 11.4. The largest absolute Gasteiger partial charge is 0.497 e. The van der Waals surface area contributed by atoms with Crippen LogP contribution in [0.2, 0.25) is 0 Å². The van der Waals surface area contributed by atoms with Crippen molar-refractivity contribution in [3.8, 4) is 22.8 Å². The predicted molar refractivity (Wildman–Crippen MR) is 146 cm³/mol. The predicted octanol–water partition coefficient (Wildman–Crippen LogP) is 3.43. The molecule has 3 N–H and O–H groups in total. The van der Waals surface area contributed by atoms with Gasteiger partial charge in [-0.05, 0) is 31.2 Å². The quantitative estimate of drug-likeness (QED) is 0.285. The lowest BCUT2D eigenvalue weighted by molar-refractivity contribution is 0.0702. The molecule has 2 aromatic heterocycles. The number of aliphatic hydroxyl groups excluding tert-OH is 1. The molecule has 37 heavy (non-hydrogen) atoms. The zero-order valence-corrected chi connectivity index (χ0v) is 22.0. The maximum Gasteiger partial charge on any atom is 0.124 e. The molecule has 0 aliphatic rings. The molecular formula is C26H33ClN6O4. The molecule has 0 spiro atoms. The second-order valence-corrected chi connectivity index (χ2v) is 8.35. The molecule has 0 fully saturated rings. The summed E-state index contributed by atoms with van der Waals surface area (Å²) >= 11 is 0. The van der Waals surface area contributed by atoms with E-state index in [4.69, 9.17) is 24.9 Å². The van der Waals surface area contributed by atoms with Gasteiger partial charge in [-0.2, -0.15) is 5.10 Å². The van der Waals surface area contributed by atoms with E-state index in [9.17, 15) is 5.11 Å². The number of aryl methyl sites for hydroxylation is 1. The van der Waals surface area contributed by atoms with Crippen LogP contribution in [-0.2, 0) is 11.3 Å². The van der Waals surface area contributed by atoms with Gasteiger partial charge in [0.2, 0.25) is 0 Å². The fourth-order valence-corrected chi connectivity index (χ4v) is 3.94. The summed E-state index contributed by atoms with van der Waals surface area (Å²) in [6.07, 6.45) is 5.62. The minimum atomic E-state index is -0.723. The Kier molecular flexibility index (Phi) is 10.0. The van der Waals surface area contributed by atoms with Crippen LogP contribution in [0.3, 0.4) is 0 Å². The third-order valence-corrected chi connectivity index (χ3v) is 5.76. The molecular weight excluding hydrogens is 496 g/mol. The number of nitrogens with zero attached hydrogens (tertiary/aromatic N) is 5. The number of anilines is 2. The van der Waals surface area contributed by atoms with Gasteiger partial charge in [-0.15, -0.1) is 12.4 Å². The summed E-state index contributed by atoms with van der Waals surface area (Å²) in [7, 11) is 4.77. The van der Waals surface area contributed by atoms with E-state index in [-0.39, 0.29) is 25.6 Å². The Morgan fingerprint density at radius 3 is 2.43 bits per heavy atom. The van der Waals surface area contributed by atoms with Crippen molar-refractivity contribution in [1.29, 1.82) is 0 Å². The number of aliphatic hydroxyl groups is 1. The maximum atomic E-state index is 10.6. The van der Waals surface area contributed by atoms with E-state index in [0.29, 0.717) is 18.0 Å². The highest BCUT2D eigenvalue weighted by molar-refractivity contribution is 5.85. The Bertz CT molecular complexity index is 1280. The van der Waals surface area contributed by atoms with Crippen molar-refractivity contribution < 1.29 is 19.3 Å². The van der Waals surface area contributed by atoms with E-state index in [2.05, 4.69) is 10.1 Å².